The number of thiazole rings is 1. The van der Waals surface area contributed by atoms with Gasteiger partial charge in [0.2, 0.25) is 5.91 Å². The number of carbonyl (C=O) groups is 1. The van der Waals surface area contributed by atoms with Crippen molar-refractivity contribution >= 4 is 22.4 Å². The van der Waals surface area contributed by atoms with Crippen LogP contribution in [0, 0.1) is 6.92 Å². The lowest BCUT2D eigenvalue weighted by molar-refractivity contribution is -0.131. The van der Waals surface area contributed by atoms with Gasteiger partial charge in [0.15, 0.2) is 5.13 Å². The third kappa shape index (κ3) is 4.95. The van der Waals surface area contributed by atoms with Gasteiger partial charge in [-0.1, -0.05) is 18.2 Å². The Balaban J connectivity index is 1.40. The first kappa shape index (κ1) is 17.7. The Morgan fingerprint density at radius 2 is 2.12 bits per heavy atom. The van der Waals surface area contributed by atoms with Crippen molar-refractivity contribution in [1.29, 1.82) is 0 Å². The fourth-order valence-electron chi connectivity index (χ4n) is 3.01. The second kappa shape index (κ2) is 8.85. The Kier molecular flexibility index (Phi) is 6.28. The van der Waals surface area contributed by atoms with Crippen LogP contribution in [0.3, 0.4) is 0 Å². The quantitative estimate of drug-likeness (QED) is 0.742. The van der Waals surface area contributed by atoms with Crippen molar-refractivity contribution in [3.63, 3.8) is 0 Å². The highest BCUT2D eigenvalue weighted by Gasteiger charge is 2.20. The summed E-state index contributed by atoms with van der Waals surface area (Å²) in [5.41, 5.74) is 1.13. The van der Waals surface area contributed by atoms with E-state index in [0.29, 0.717) is 13.0 Å². The lowest BCUT2D eigenvalue weighted by Crippen LogP contribution is -2.35. The summed E-state index contributed by atoms with van der Waals surface area (Å²) >= 11 is 1.66. The molecule has 1 amide bonds. The van der Waals surface area contributed by atoms with Gasteiger partial charge in [-0.3, -0.25) is 4.79 Å². The van der Waals surface area contributed by atoms with Gasteiger partial charge in [0, 0.05) is 44.2 Å². The van der Waals surface area contributed by atoms with Gasteiger partial charge in [0.05, 0.1) is 6.61 Å². The summed E-state index contributed by atoms with van der Waals surface area (Å²) in [6, 6.07) is 7.98. The van der Waals surface area contributed by atoms with Gasteiger partial charge in [-0.2, -0.15) is 0 Å². The molecule has 1 saturated heterocycles. The van der Waals surface area contributed by atoms with Crippen LogP contribution in [0.1, 0.15) is 24.8 Å². The number of hydrogen-bond donors (Lipinski definition) is 0. The molecule has 0 bridgehead atoms. The molecule has 5 nitrogen and oxygen atoms in total. The van der Waals surface area contributed by atoms with E-state index in [1.54, 1.807) is 11.3 Å². The van der Waals surface area contributed by atoms with Crippen LogP contribution < -0.4 is 9.64 Å². The molecule has 134 valence electrons. The predicted octanol–water partition coefficient (Wildman–Crippen LogP) is 3.35. The number of hydrogen-bond acceptors (Lipinski definition) is 5. The van der Waals surface area contributed by atoms with Crippen LogP contribution in [0.25, 0.3) is 0 Å². The number of nitrogens with zero attached hydrogens (tertiary/aromatic N) is 3. The van der Waals surface area contributed by atoms with Gasteiger partial charge >= 0.3 is 0 Å². The van der Waals surface area contributed by atoms with E-state index >= 15 is 0 Å². The van der Waals surface area contributed by atoms with Crippen molar-refractivity contribution in [2.75, 3.05) is 37.7 Å². The minimum Gasteiger partial charge on any atom is -0.493 e. The number of aromatic nitrogens is 1. The molecule has 25 heavy (non-hydrogen) atoms. The molecule has 2 heterocycles. The van der Waals surface area contributed by atoms with Crippen molar-refractivity contribution in [3.05, 3.63) is 41.4 Å². The molecule has 0 unspecified atom stereocenters. The first-order valence-corrected chi connectivity index (χ1v) is 9.72. The van der Waals surface area contributed by atoms with Crippen molar-refractivity contribution in [3.8, 4) is 5.75 Å². The number of ether oxygens (including phenoxy) is 1. The highest BCUT2D eigenvalue weighted by atomic mass is 32.1. The highest BCUT2D eigenvalue weighted by Crippen LogP contribution is 2.19. The summed E-state index contributed by atoms with van der Waals surface area (Å²) in [4.78, 5) is 21.1. The topological polar surface area (TPSA) is 45.7 Å². The summed E-state index contributed by atoms with van der Waals surface area (Å²) in [6.45, 7) is 6.05. The number of anilines is 1. The maximum atomic E-state index is 12.5. The van der Waals surface area contributed by atoms with Gasteiger partial charge in [-0.15, -0.1) is 11.3 Å². The Bertz CT molecular complexity index is 675. The van der Waals surface area contributed by atoms with Crippen LogP contribution in [0.15, 0.2) is 35.8 Å². The molecule has 1 aliphatic heterocycles. The average Bonchev–Trinajstić information content (AvgIpc) is 3.04. The van der Waals surface area contributed by atoms with E-state index in [9.17, 15) is 4.79 Å². The maximum absolute atomic E-state index is 12.5. The molecular formula is C19H25N3O2S. The first-order valence-electron chi connectivity index (χ1n) is 8.84. The molecule has 1 aliphatic rings. The third-order valence-electron chi connectivity index (χ3n) is 4.42. The largest absolute Gasteiger partial charge is 0.493 e. The molecule has 6 heteroatoms. The lowest BCUT2D eigenvalue weighted by Gasteiger charge is -2.21. The molecule has 0 aliphatic carbocycles. The molecule has 0 spiro atoms. The van der Waals surface area contributed by atoms with Gasteiger partial charge in [0.1, 0.15) is 5.75 Å². The average molecular weight is 359 g/mol. The monoisotopic (exact) mass is 359 g/mol. The molecule has 2 aromatic rings. The maximum Gasteiger partial charge on any atom is 0.222 e. The minimum atomic E-state index is 0.231. The van der Waals surface area contributed by atoms with Crippen LogP contribution in [0.4, 0.5) is 5.13 Å². The number of carbonyl (C=O) groups excluding carboxylic acids is 1. The number of aryl methyl sites for hydroxylation is 1. The van der Waals surface area contributed by atoms with E-state index in [1.165, 1.54) is 0 Å². The zero-order chi connectivity index (χ0) is 17.5. The van der Waals surface area contributed by atoms with E-state index in [2.05, 4.69) is 9.88 Å². The van der Waals surface area contributed by atoms with Gasteiger partial charge < -0.3 is 14.5 Å². The molecule has 0 atom stereocenters. The van der Waals surface area contributed by atoms with E-state index in [0.717, 1.165) is 55.5 Å². The molecule has 1 aromatic heterocycles. The second-order valence-corrected chi connectivity index (χ2v) is 7.13. The Morgan fingerprint density at radius 3 is 2.92 bits per heavy atom. The molecule has 0 N–H and O–H groups in total. The molecule has 1 fully saturated rings. The van der Waals surface area contributed by atoms with Crippen molar-refractivity contribution in [1.82, 2.24) is 9.88 Å². The first-order chi connectivity index (χ1) is 12.2. The number of rotatable bonds is 6. The summed E-state index contributed by atoms with van der Waals surface area (Å²) in [5, 5.41) is 3.05. The normalized spacial score (nSPS) is 15.1. The summed E-state index contributed by atoms with van der Waals surface area (Å²) < 4.78 is 5.78. The van der Waals surface area contributed by atoms with Gasteiger partial charge in [0.25, 0.3) is 0 Å². The fourth-order valence-corrected chi connectivity index (χ4v) is 3.71. The third-order valence-corrected chi connectivity index (χ3v) is 5.26. The van der Waals surface area contributed by atoms with Crippen LogP contribution in [-0.4, -0.2) is 48.6 Å². The van der Waals surface area contributed by atoms with E-state index in [4.69, 9.17) is 4.74 Å². The molecule has 0 radical (unpaired) electrons. The minimum absolute atomic E-state index is 0.231. The Morgan fingerprint density at radius 1 is 1.24 bits per heavy atom. The zero-order valence-electron chi connectivity index (χ0n) is 14.7. The number of amides is 1. The lowest BCUT2D eigenvalue weighted by atomic mass is 10.2. The zero-order valence-corrected chi connectivity index (χ0v) is 15.5. The molecule has 0 saturated carbocycles. The Hall–Kier alpha value is -2.08. The Labute approximate surface area is 153 Å². The summed E-state index contributed by atoms with van der Waals surface area (Å²) in [5.74, 6) is 1.14. The van der Waals surface area contributed by atoms with Gasteiger partial charge in [-0.25, -0.2) is 4.98 Å². The number of benzene rings is 1. The van der Waals surface area contributed by atoms with E-state index < -0.39 is 0 Å². The smallest absolute Gasteiger partial charge is 0.222 e. The fraction of sp³-hybridized carbons (Fsp3) is 0.474. The second-order valence-electron chi connectivity index (χ2n) is 6.25. The standard InChI is InChI=1S/C19H25N3O2S/c1-16-6-2-3-7-17(16)24-14-4-8-18(23)21-10-5-11-22(13-12-21)19-20-9-15-25-19/h2-3,6-7,9,15H,4-5,8,10-14H2,1H3. The van der Waals surface area contributed by atoms with E-state index in [1.807, 2.05) is 47.7 Å². The molecular weight excluding hydrogens is 334 g/mol. The molecule has 3 rings (SSSR count). The van der Waals surface area contributed by atoms with Crippen molar-refractivity contribution in [2.24, 2.45) is 0 Å². The highest BCUT2D eigenvalue weighted by molar-refractivity contribution is 7.13. The number of para-hydroxylation sites is 1. The molecule has 1 aromatic carbocycles. The van der Waals surface area contributed by atoms with Crippen LogP contribution in [-0.2, 0) is 4.79 Å². The van der Waals surface area contributed by atoms with Crippen molar-refractivity contribution in [2.45, 2.75) is 26.2 Å². The SMILES string of the molecule is Cc1ccccc1OCCCC(=O)N1CCCN(c2nccs2)CC1. The van der Waals surface area contributed by atoms with Crippen LogP contribution in [0.2, 0.25) is 0 Å². The van der Waals surface area contributed by atoms with Crippen molar-refractivity contribution < 1.29 is 9.53 Å². The van der Waals surface area contributed by atoms with E-state index in [-0.39, 0.29) is 5.91 Å². The summed E-state index contributed by atoms with van der Waals surface area (Å²) in [7, 11) is 0. The summed E-state index contributed by atoms with van der Waals surface area (Å²) in [6.07, 6.45) is 4.12. The van der Waals surface area contributed by atoms with Crippen LogP contribution in [0.5, 0.6) is 5.75 Å². The van der Waals surface area contributed by atoms with Gasteiger partial charge in [-0.05, 0) is 31.4 Å². The van der Waals surface area contributed by atoms with Crippen LogP contribution >= 0.6 is 11.3 Å². The predicted molar refractivity (Wildman–Crippen MR) is 101 cm³/mol.